The maximum absolute atomic E-state index is 12.8. The van der Waals surface area contributed by atoms with Crippen LogP contribution in [-0.4, -0.2) is 53.8 Å². The molecule has 4 rings (SSSR count). The van der Waals surface area contributed by atoms with Gasteiger partial charge in [-0.1, -0.05) is 6.07 Å². The first-order valence-corrected chi connectivity index (χ1v) is 10.8. The van der Waals surface area contributed by atoms with Crippen LogP contribution in [0.5, 0.6) is 0 Å². The molecule has 2 atom stereocenters. The van der Waals surface area contributed by atoms with Crippen LogP contribution in [0.15, 0.2) is 53.7 Å². The summed E-state index contributed by atoms with van der Waals surface area (Å²) in [5, 5.41) is 2.58. The Bertz CT molecular complexity index is 1020. The van der Waals surface area contributed by atoms with Gasteiger partial charge in [0, 0.05) is 37.1 Å². The number of sulfonamides is 1. The minimum atomic E-state index is -4.45. The zero-order valence-electron chi connectivity index (χ0n) is 15.7. The van der Waals surface area contributed by atoms with E-state index in [1.54, 1.807) is 17.0 Å². The Labute approximate surface area is 171 Å². The number of hydrogen-bond acceptors (Lipinski definition) is 4. The SMILES string of the molecule is O=C(Nc1ccc(C(F)(F)F)cc1)N1C2CCC1CN(S(=O)(=O)c1ccccn1)C2. The summed E-state index contributed by atoms with van der Waals surface area (Å²) >= 11 is 0. The zero-order chi connectivity index (χ0) is 21.5. The summed E-state index contributed by atoms with van der Waals surface area (Å²) in [6.45, 7) is 0.297. The van der Waals surface area contributed by atoms with Crippen LogP contribution in [0.1, 0.15) is 18.4 Å². The summed E-state index contributed by atoms with van der Waals surface area (Å²) in [6.07, 6.45) is -1.73. The highest BCUT2D eigenvalue weighted by Gasteiger charge is 2.46. The van der Waals surface area contributed by atoms with Crippen LogP contribution in [-0.2, 0) is 16.2 Å². The highest BCUT2D eigenvalue weighted by molar-refractivity contribution is 7.89. The number of urea groups is 1. The molecule has 2 aliphatic rings. The normalized spacial score (nSPS) is 22.2. The molecule has 1 aromatic carbocycles. The quantitative estimate of drug-likeness (QED) is 0.795. The van der Waals surface area contributed by atoms with E-state index in [1.807, 2.05) is 0 Å². The van der Waals surface area contributed by atoms with Crippen LogP contribution in [0.3, 0.4) is 0 Å². The van der Waals surface area contributed by atoms with Gasteiger partial charge in [0.15, 0.2) is 5.03 Å². The number of benzene rings is 1. The average Bonchev–Trinajstić information content (AvgIpc) is 2.98. The van der Waals surface area contributed by atoms with E-state index < -0.39 is 27.8 Å². The molecular weight excluding hydrogens is 421 g/mol. The summed E-state index contributed by atoms with van der Waals surface area (Å²) in [6, 6.07) is 7.80. The molecule has 160 valence electrons. The highest BCUT2D eigenvalue weighted by Crippen LogP contribution is 2.34. The van der Waals surface area contributed by atoms with E-state index >= 15 is 0 Å². The molecule has 30 heavy (non-hydrogen) atoms. The molecule has 2 unspecified atom stereocenters. The second-order valence-electron chi connectivity index (χ2n) is 7.29. The summed E-state index contributed by atoms with van der Waals surface area (Å²) in [4.78, 5) is 18.3. The van der Waals surface area contributed by atoms with Gasteiger partial charge in [-0.2, -0.15) is 17.5 Å². The molecule has 0 spiro atoms. The number of pyridine rings is 1. The van der Waals surface area contributed by atoms with Crippen LogP contribution in [0, 0.1) is 0 Å². The van der Waals surface area contributed by atoms with Crippen molar-refractivity contribution < 1.29 is 26.4 Å². The third-order valence-corrected chi connectivity index (χ3v) is 7.14. The molecule has 2 fully saturated rings. The Morgan fingerprint density at radius 2 is 1.67 bits per heavy atom. The van der Waals surface area contributed by atoms with Crippen molar-refractivity contribution in [3.8, 4) is 0 Å². The number of nitrogens with zero attached hydrogens (tertiary/aromatic N) is 3. The average molecular weight is 440 g/mol. The lowest BCUT2D eigenvalue weighted by Gasteiger charge is -2.40. The van der Waals surface area contributed by atoms with Crippen molar-refractivity contribution in [1.29, 1.82) is 0 Å². The summed E-state index contributed by atoms with van der Waals surface area (Å²) in [5.74, 6) is 0. The van der Waals surface area contributed by atoms with Crippen molar-refractivity contribution in [2.75, 3.05) is 18.4 Å². The molecule has 1 N–H and O–H groups in total. The van der Waals surface area contributed by atoms with Gasteiger partial charge in [-0.15, -0.1) is 0 Å². The standard InChI is InChI=1S/C19H19F3N4O3S/c20-19(21,22)13-4-6-14(7-5-13)24-18(27)26-15-8-9-16(26)12-25(11-15)30(28,29)17-3-1-2-10-23-17/h1-7,10,15-16H,8-9,11-12H2,(H,24,27). The second-order valence-corrected chi connectivity index (χ2v) is 9.17. The monoisotopic (exact) mass is 440 g/mol. The fourth-order valence-corrected chi connectivity index (χ4v) is 5.40. The van der Waals surface area contributed by atoms with Crippen molar-refractivity contribution in [2.45, 2.75) is 36.1 Å². The molecule has 0 aliphatic carbocycles. The third kappa shape index (κ3) is 3.86. The maximum atomic E-state index is 12.8. The largest absolute Gasteiger partial charge is 0.416 e. The van der Waals surface area contributed by atoms with E-state index in [1.165, 1.54) is 28.7 Å². The second kappa shape index (κ2) is 7.55. The molecular formula is C19H19F3N4O3S. The number of anilines is 1. The molecule has 1 aromatic heterocycles. The number of hydrogen-bond donors (Lipinski definition) is 1. The number of carbonyl (C=O) groups excluding carboxylic acids is 1. The number of fused-ring (bicyclic) bond motifs is 2. The van der Waals surface area contributed by atoms with E-state index in [9.17, 15) is 26.4 Å². The van der Waals surface area contributed by atoms with Gasteiger partial charge in [0.25, 0.3) is 10.0 Å². The Morgan fingerprint density at radius 1 is 1.03 bits per heavy atom. The van der Waals surface area contributed by atoms with Gasteiger partial charge in [0.05, 0.1) is 5.56 Å². The number of amides is 2. The summed E-state index contributed by atoms with van der Waals surface area (Å²) < 4.78 is 65.1. The van der Waals surface area contributed by atoms with Crippen LogP contribution in [0.2, 0.25) is 0 Å². The van der Waals surface area contributed by atoms with Gasteiger partial charge in [-0.05, 0) is 49.2 Å². The lowest BCUT2D eigenvalue weighted by molar-refractivity contribution is -0.137. The van der Waals surface area contributed by atoms with Crippen molar-refractivity contribution >= 4 is 21.7 Å². The fraction of sp³-hybridized carbons (Fsp3) is 0.368. The fourth-order valence-electron chi connectivity index (χ4n) is 3.95. The van der Waals surface area contributed by atoms with Crippen LogP contribution < -0.4 is 5.32 Å². The molecule has 2 aromatic rings. The van der Waals surface area contributed by atoms with E-state index in [0.29, 0.717) is 12.8 Å². The van der Waals surface area contributed by atoms with E-state index in [-0.39, 0.29) is 35.9 Å². The molecule has 7 nitrogen and oxygen atoms in total. The molecule has 0 saturated carbocycles. The molecule has 11 heteroatoms. The third-order valence-electron chi connectivity index (χ3n) is 5.39. The Hall–Kier alpha value is -2.66. The number of halogens is 3. The number of piperazine rings is 1. The predicted molar refractivity (Wildman–Crippen MR) is 102 cm³/mol. The Kier molecular flexibility index (Phi) is 5.18. The number of nitrogens with one attached hydrogen (secondary N) is 1. The van der Waals surface area contributed by atoms with Gasteiger partial charge in [0.2, 0.25) is 0 Å². The zero-order valence-corrected chi connectivity index (χ0v) is 16.5. The summed E-state index contributed by atoms with van der Waals surface area (Å²) in [5.41, 5.74) is -0.551. The van der Waals surface area contributed by atoms with E-state index in [2.05, 4.69) is 10.3 Å². The minimum Gasteiger partial charge on any atom is -0.316 e. The van der Waals surface area contributed by atoms with E-state index in [0.717, 1.165) is 12.1 Å². The first kappa shape index (κ1) is 20.6. The predicted octanol–water partition coefficient (Wildman–Crippen LogP) is 3.17. The Morgan fingerprint density at radius 3 is 2.20 bits per heavy atom. The lowest BCUT2D eigenvalue weighted by atomic mass is 10.2. The van der Waals surface area contributed by atoms with Crippen molar-refractivity contribution in [2.24, 2.45) is 0 Å². The minimum absolute atomic E-state index is 0.0351. The van der Waals surface area contributed by atoms with Crippen LogP contribution >= 0.6 is 0 Å². The Balaban J connectivity index is 1.46. The lowest BCUT2D eigenvalue weighted by Crippen LogP contribution is -2.58. The van der Waals surface area contributed by atoms with Crippen molar-refractivity contribution in [3.63, 3.8) is 0 Å². The summed E-state index contributed by atoms with van der Waals surface area (Å²) in [7, 11) is -3.76. The van der Waals surface area contributed by atoms with Gasteiger partial charge in [-0.25, -0.2) is 18.2 Å². The number of aromatic nitrogens is 1. The number of rotatable bonds is 3. The van der Waals surface area contributed by atoms with Gasteiger partial charge in [-0.3, -0.25) is 0 Å². The van der Waals surface area contributed by atoms with Crippen molar-refractivity contribution in [3.05, 3.63) is 54.2 Å². The maximum Gasteiger partial charge on any atom is 0.416 e. The molecule has 2 saturated heterocycles. The van der Waals surface area contributed by atoms with E-state index in [4.69, 9.17) is 0 Å². The van der Waals surface area contributed by atoms with Gasteiger partial charge in [0.1, 0.15) is 0 Å². The van der Waals surface area contributed by atoms with Gasteiger partial charge < -0.3 is 10.2 Å². The van der Waals surface area contributed by atoms with Crippen LogP contribution in [0.4, 0.5) is 23.7 Å². The molecule has 2 aliphatic heterocycles. The number of alkyl halides is 3. The molecule has 2 amide bonds. The molecule has 3 heterocycles. The topological polar surface area (TPSA) is 82.6 Å². The first-order valence-electron chi connectivity index (χ1n) is 9.34. The van der Waals surface area contributed by atoms with Crippen molar-refractivity contribution in [1.82, 2.24) is 14.2 Å². The molecule has 0 radical (unpaired) electrons. The molecule has 2 bridgehead atoms. The van der Waals surface area contributed by atoms with Gasteiger partial charge >= 0.3 is 12.2 Å². The highest BCUT2D eigenvalue weighted by atomic mass is 32.2. The van der Waals surface area contributed by atoms with Crippen LogP contribution in [0.25, 0.3) is 0 Å². The first-order chi connectivity index (χ1) is 14.2. The smallest absolute Gasteiger partial charge is 0.316 e. The number of carbonyl (C=O) groups is 1.